The third-order valence-corrected chi connectivity index (χ3v) is 5.44. The van der Waals surface area contributed by atoms with E-state index in [-0.39, 0.29) is 11.5 Å². The summed E-state index contributed by atoms with van der Waals surface area (Å²) >= 11 is 5.97. The van der Waals surface area contributed by atoms with E-state index in [4.69, 9.17) is 16.3 Å². The molecule has 1 heterocycles. The molecule has 3 rings (SSSR count). The molecular formula is C18H18ClN3O4S. The van der Waals surface area contributed by atoms with Crippen molar-refractivity contribution in [2.75, 3.05) is 18.5 Å². The number of aliphatic imine (C=N–C) groups is 1. The molecule has 142 valence electrons. The van der Waals surface area contributed by atoms with Crippen molar-refractivity contribution >= 4 is 39.1 Å². The largest absolute Gasteiger partial charge is 0.482 e. The Labute approximate surface area is 162 Å². The molecule has 1 aliphatic rings. The smallest absolute Gasteiger partial charge is 0.262 e. The van der Waals surface area contributed by atoms with E-state index in [9.17, 15) is 13.2 Å². The topological polar surface area (TPSA) is 96.9 Å². The fourth-order valence-corrected chi connectivity index (χ4v) is 3.80. The molecular weight excluding hydrogens is 390 g/mol. The molecule has 0 spiro atoms. The van der Waals surface area contributed by atoms with Gasteiger partial charge in [-0.3, -0.25) is 14.5 Å². The fraction of sp³-hybridized carbons (Fsp3) is 0.222. The van der Waals surface area contributed by atoms with E-state index in [1.807, 2.05) is 0 Å². The van der Waals surface area contributed by atoms with Gasteiger partial charge in [0.05, 0.1) is 9.92 Å². The van der Waals surface area contributed by atoms with E-state index in [1.165, 1.54) is 12.1 Å². The highest BCUT2D eigenvalue weighted by molar-refractivity contribution is 7.90. The molecule has 2 aromatic rings. The van der Waals surface area contributed by atoms with Gasteiger partial charge in [0.2, 0.25) is 0 Å². The summed E-state index contributed by atoms with van der Waals surface area (Å²) in [5.74, 6) is 0.419. The molecule has 27 heavy (non-hydrogen) atoms. The van der Waals surface area contributed by atoms with Crippen LogP contribution in [0.1, 0.15) is 12.8 Å². The quantitative estimate of drug-likeness (QED) is 0.769. The van der Waals surface area contributed by atoms with Crippen LogP contribution in [-0.2, 0) is 14.8 Å². The molecule has 2 N–H and O–H groups in total. The van der Waals surface area contributed by atoms with Crippen molar-refractivity contribution < 1.29 is 17.9 Å². The number of hydrogen-bond acceptors (Lipinski definition) is 5. The SMILES string of the molecule is O=C(COc1ccccc1Cl)Nc1cccc(S(=O)(=O)NC2=NCCC2)c1. The first kappa shape index (κ1) is 19.2. The number of ether oxygens (including phenoxy) is 1. The fourth-order valence-electron chi connectivity index (χ4n) is 2.48. The number of sulfonamides is 1. The highest BCUT2D eigenvalue weighted by atomic mass is 35.5. The Morgan fingerprint density at radius 1 is 1.19 bits per heavy atom. The van der Waals surface area contributed by atoms with E-state index in [0.29, 0.717) is 35.3 Å². The third kappa shape index (κ3) is 5.21. The average molecular weight is 408 g/mol. The molecule has 9 heteroatoms. The summed E-state index contributed by atoms with van der Waals surface area (Å²) in [6, 6.07) is 12.8. The standard InChI is InChI=1S/C18H18ClN3O4S/c19-15-7-1-2-8-16(15)26-12-18(23)21-13-5-3-6-14(11-13)27(24,25)22-17-9-4-10-20-17/h1-3,5-8,11H,4,9-10,12H2,(H,20,22)(H,21,23). The Morgan fingerprint density at radius 2 is 2.00 bits per heavy atom. The van der Waals surface area contributed by atoms with Gasteiger partial charge in [0.15, 0.2) is 6.61 Å². The Hall–Kier alpha value is -2.58. The van der Waals surface area contributed by atoms with Crippen molar-refractivity contribution in [1.29, 1.82) is 0 Å². The molecule has 0 aliphatic carbocycles. The Balaban J connectivity index is 1.63. The van der Waals surface area contributed by atoms with Gasteiger partial charge in [-0.25, -0.2) is 8.42 Å². The Kier molecular flexibility index (Phi) is 5.98. The number of carbonyl (C=O) groups excluding carboxylic acids is 1. The summed E-state index contributed by atoms with van der Waals surface area (Å²) < 4.78 is 32.7. The van der Waals surface area contributed by atoms with Crippen LogP contribution in [0.3, 0.4) is 0 Å². The van der Waals surface area contributed by atoms with Crippen molar-refractivity contribution in [1.82, 2.24) is 4.72 Å². The molecule has 1 aliphatic heterocycles. The van der Waals surface area contributed by atoms with Gasteiger partial charge in [-0.2, -0.15) is 0 Å². The second-order valence-electron chi connectivity index (χ2n) is 5.83. The maximum atomic E-state index is 12.4. The summed E-state index contributed by atoms with van der Waals surface area (Å²) in [7, 11) is -3.74. The first-order valence-corrected chi connectivity index (χ1v) is 10.1. The number of nitrogens with zero attached hydrogens (tertiary/aromatic N) is 1. The molecule has 7 nitrogen and oxygen atoms in total. The normalized spacial score (nSPS) is 13.7. The predicted molar refractivity (Wildman–Crippen MR) is 104 cm³/mol. The predicted octanol–water partition coefficient (Wildman–Crippen LogP) is 2.83. The summed E-state index contributed by atoms with van der Waals surface area (Å²) in [4.78, 5) is 16.2. The average Bonchev–Trinajstić information content (AvgIpc) is 3.13. The van der Waals surface area contributed by atoms with E-state index >= 15 is 0 Å². The second-order valence-corrected chi connectivity index (χ2v) is 7.92. The molecule has 0 aromatic heterocycles. The molecule has 0 fully saturated rings. The van der Waals surface area contributed by atoms with Crippen LogP contribution < -0.4 is 14.8 Å². The third-order valence-electron chi connectivity index (χ3n) is 3.75. The lowest BCUT2D eigenvalue weighted by Crippen LogP contribution is -2.29. The maximum Gasteiger partial charge on any atom is 0.262 e. The van der Waals surface area contributed by atoms with Crippen LogP contribution in [0.15, 0.2) is 58.4 Å². The van der Waals surface area contributed by atoms with Crippen LogP contribution in [0, 0.1) is 0 Å². The minimum Gasteiger partial charge on any atom is -0.482 e. The van der Waals surface area contributed by atoms with Crippen LogP contribution in [0.2, 0.25) is 5.02 Å². The maximum absolute atomic E-state index is 12.4. The van der Waals surface area contributed by atoms with Gasteiger partial charge in [-0.15, -0.1) is 0 Å². The lowest BCUT2D eigenvalue weighted by atomic mass is 10.3. The zero-order chi connectivity index (χ0) is 19.3. The summed E-state index contributed by atoms with van der Waals surface area (Å²) in [5, 5.41) is 3.01. The second kappa shape index (κ2) is 8.41. The van der Waals surface area contributed by atoms with Gasteiger partial charge in [0.25, 0.3) is 15.9 Å². The van der Waals surface area contributed by atoms with Gasteiger partial charge in [0, 0.05) is 18.7 Å². The molecule has 2 aromatic carbocycles. The summed E-state index contributed by atoms with van der Waals surface area (Å²) in [6.45, 7) is 0.370. The van der Waals surface area contributed by atoms with Crippen molar-refractivity contribution in [3.8, 4) is 5.75 Å². The number of nitrogens with one attached hydrogen (secondary N) is 2. The molecule has 0 saturated carbocycles. The van der Waals surface area contributed by atoms with E-state index in [0.717, 1.165) is 6.42 Å². The number of rotatable bonds is 6. The monoisotopic (exact) mass is 407 g/mol. The minimum absolute atomic E-state index is 0.0434. The number of para-hydroxylation sites is 1. The first-order chi connectivity index (χ1) is 12.9. The van der Waals surface area contributed by atoms with E-state index < -0.39 is 15.9 Å². The number of hydrogen-bond donors (Lipinski definition) is 2. The number of carbonyl (C=O) groups is 1. The summed E-state index contributed by atoms with van der Waals surface area (Å²) in [5.41, 5.74) is 0.346. The van der Waals surface area contributed by atoms with Crippen molar-refractivity contribution in [3.63, 3.8) is 0 Å². The molecule has 0 radical (unpaired) electrons. The van der Waals surface area contributed by atoms with Crippen LogP contribution in [-0.4, -0.2) is 33.3 Å². The number of amides is 1. The van der Waals surface area contributed by atoms with Crippen LogP contribution in [0.5, 0.6) is 5.75 Å². The highest BCUT2D eigenvalue weighted by Crippen LogP contribution is 2.23. The number of anilines is 1. The molecule has 0 unspecified atom stereocenters. The zero-order valence-corrected chi connectivity index (χ0v) is 15.9. The van der Waals surface area contributed by atoms with E-state index in [1.54, 1.807) is 36.4 Å². The number of amidine groups is 1. The molecule has 1 amide bonds. The lowest BCUT2D eigenvalue weighted by Gasteiger charge is -2.11. The zero-order valence-electron chi connectivity index (χ0n) is 14.3. The van der Waals surface area contributed by atoms with Gasteiger partial charge in [0.1, 0.15) is 11.6 Å². The minimum atomic E-state index is -3.74. The van der Waals surface area contributed by atoms with Gasteiger partial charge < -0.3 is 10.1 Å². The van der Waals surface area contributed by atoms with Crippen LogP contribution >= 0.6 is 11.6 Å². The van der Waals surface area contributed by atoms with Crippen LogP contribution in [0.25, 0.3) is 0 Å². The molecule has 0 bridgehead atoms. The van der Waals surface area contributed by atoms with Gasteiger partial charge >= 0.3 is 0 Å². The van der Waals surface area contributed by atoms with E-state index in [2.05, 4.69) is 15.0 Å². The van der Waals surface area contributed by atoms with Gasteiger partial charge in [-0.1, -0.05) is 29.8 Å². The molecule has 0 saturated heterocycles. The first-order valence-electron chi connectivity index (χ1n) is 8.27. The van der Waals surface area contributed by atoms with Crippen molar-refractivity contribution in [2.45, 2.75) is 17.7 Å². The highest BCUT2D eigenvalue weighted by Gasteiger charge is 2.18. The van der Waals surface area contributed by atoms with Crippen molar-refractivity contribution in [2.24, 2.45) is 4.99 Å². The summed E-state index contributed by atoms with van der Waals surface area (Å²) in [6.07, 6.45) is 1.44. The lowest BCUT2D eigenvalue weighted by molar-refractivity contribution is -0.118. The van der Waals surface area contributed by atoms with Crippen LogP contribution in [0.4, 0.5) is 5.69 Å². The van der Waals surface area contributed by atoms with Gasteiger partial charge in [-0.05, 0) is 36.8 Å². The number of halogens is 1. The molecule has 0 atom stereocenters. The van der Waals surface area contributed by atoms with Crippen molar-refractivity contribution in [3.05, 3.63) is 53.6 Å². The Bertz CT molecular complexity index is 976. The number of benzene rings is 2. The Morgan fingerprint density at radius 3 is 2.74 bits per heavy atom.